The fraction of sp³-hybridized carbons (Fsp3) is 0.0769. The fourth-order valence-corrected chi connectivity index (χ4v) is 1.85. The number of nitrogens with zero attached hydrogens (tertiary/aromatic N) is 2. The first-order chi connectivity index (χ1) is 9.54. The second kappa shape index (κ2) is 5.35. The maximum Gasteiger partial charge on any atom is 0.328 e. The summed E-state index contributed by atoms with van der Waals surface area (Å²) in [5.74, 6) is -1.03. The molecule has 1 aromatic heterocycles. The van der Waals surface area contributed by atoms with E-state index in [2.05, 4.69) is 4.98 Å². The number of methoxy groups -OCH3 is 1. The highest BCUT2D eigenvalue weighted by Crippen LogP contribution is 2.35. The number of carbonyl (C=O) groups is 1. The zero-order valence-electron chi connectivity index (χ0n) is 10.4. The number of aliphatic carboxylic acids is 1. The highest BCUT2D eigenvalue weighted by molar-refractivity contribution is 5.96. The standard InChI is InChI=1S/C13H10N2O5/c1-20-13-10(15(18)19)4-3-9-8(2-5-11(16)17)6-7-14-12(9)13/h2-7H,1H3,(H,16,17)/b5-2+. The van der Waals surface area contributed by atoms with Crippen LogP contribution in [0.4, 0.5) is 5.69 Å². The minimum absolute atomic E-state index is 0.0538. The van der Waals surface area contributed by atoms with Crippen molar-refractivity contribution in [1.82, 2.24) is 4.98 Å². The molecule has 7 nitrogen and oxygen atoms in total. The number of hydrogen-bond acceptors (Lipinski definition) is 5. The second-order valence-electron chi connectivity index (χ2n) is 3.84. The lowest BCUT2D eigenvalue weighted by atomic mass is 10.1. The number of ether oxygens (including phenoxy) is 1. The molecule has 0 saturated heterocycles. The first-order valence-electron chi connectivity index (χ1n) is 5.55. The van der Waals surface area contributed by atoms with Gasteiger partial charge in [0, 0.05) is 23.7 Å². The summed E-state index contributed by atoms with van der Waals surface area (Å²) >= 11 is 0. The van der Waals surface area contributed by atoms with Crippen molar-refractivity contribution in [2.24, 2.45) is 0 Å². The van der Waals surface area contributed by atoms with E-state index < -0.39 is 10.9 Å². The molecule has 2 aromatic rings. The monoisotopic (exact) mass is 274 g/mol. The van der Waals surface area contributed by atoms with Crippen molar-refractivity contribution in [2.45, 2.75) is 0 Å². The van der Waals surface area contributed by atoms with Crippen molar-refractivity contribution in [3.8, 4) is 5.75 Å². The summed E-state index contributed by atoms with van der Waals surface area (Å²) < 4.78 is 5.06. The molecule has 0 atom stereocenters. The molecule has 1 N–H and O–H groups in total. The second-order valence-corrected chi connectivity index (χ2v) is 3.84. The van der Waals surface area contributed by atoms with Crippen LogP contribution in [0.25, 0.3) is 17.0 Å². The minimum atomic E-state index is -1.08. The fourth-order valence-electron chi connectivity index (χ4n) is 1.85. The Bertz CT molecular complexity index is 724. The van der Waals surface area contributed by atoms with Crippen LogP contribution in [-0.4, -0.2) is 28.1 Å². The lowest BCUT2D eigenvalue weighted by Gasteiger charge is -2.07. The number of nitro benzene ring substituents is 1. The average Bonchev–Trinajstić information content (AvgIpc) is 2.43. The van der Waals surface area contributed by atoms with Gasteiger partial charge in [0.05, 0.1) is 12.0 Å². The molecule has 7 heteroatoms. The van der Waals surface area contributed by atoms with E-state index in [0.29, 0.717) is 16.5 Å². The van der Waals surface area contributed by atoms with E-state index in [1.807, 2.05) is 0 Å². The van der Waals surface area contributed by atoms with Crippen LogP contribution in [0.15, 0.2) is 30.5 Å². The minimum Gasteiger partial charge on any atom is -0.489 e. The number of nitro groups is 1. The van der Waals surface area contributed by atoms with Crippen LogP contribution in [-0.2, 0) is 4.79 Å². The van der Waals surface area contributed by atoms with Gasteiger partial charge in [-0.2, -0.15) is 0 Å². The zero-order chi connectivity index (χ0) is 14.7. The van der Waals surface area contributed by atoms with Crippen LogP contribution in [0.1, 0.15) is 5.56 Å². The molecule has 0 aliphatic rings. The molecule has 0 aliphatic heterocycles. The first-order valence-corrected chi connectivity index (χ1v) is 5.55. The number of carboxylic acids is 1. The van der Waals surface area contributed by atoms with Gasteiger partial charge < -0.3 is 9.84 Å². The van der Waals surface area contributed by atoms with E-state index in [4.69, 9.17) is 9.84 Å². The Morgan fingerprint density at radius 1 is 1.45 bits per heavy atom. The van der Waals surface area contributed by atoms with E-state index in [0.717, 1.165) is 6.08 Å². The lowest BCUT2D eigenvalue weighted by molar-refractivity contribution is -0.385. The number of aromatic nitrogens is 1. The Morgan fingerprint density at radius 2 is 2.20 bits per heavy atom. The SMILES string of the molecule is COc1c([N+](=O)[O-])ccc2c(/C=C/C(=O)O)ccnc12. The molecule has 20 heavy (non-hydrogen) atoms. The number of fused-ring (bicyclic) bond motifs is 1. The maximum absolute atomic E-state index is 10.9. The maximum atomic E-state index is 10.9. The molecular weight excluding hydrogens is 264 g/mol. The topological polar surface area (TPSA) is 103 Å². The van der Waals surface area contributed by atoms with Crippen molar-refractivity contribution in [1.29, 1.82) is 0 Å². The molecule has 0 saturated carbocycles. The quantitative estimate of drug-likeness (QED) is 0.521. The van der Waals surface area contributed by atoms with Gasteiger partial charge in [0.15, 0.2) is 0 Å². The zero-order valence-corrected chi connectivity index (χ0v) is 10.4. The molecule has 0 fully saturated rings. The number of carboxylic acid groups (broad SMARTS) is 1. The van der Waals surface area contributed by atoms with Gasteiger partial charge in [-0.15, -0.1) is 0 Å². The summed E-state index contributed by atoms with van der Waals surface area (Å²) in [6.45, 7) is 0. The predicted molar refractivity (Wildman–Crippen MR) is 71.6 cm³/mol. The molecule has 1 heterocycles. The number of hydrogen-bond donors (Lipinski definition) is 1. The summed E-state index contributed by atoms with van der Waals surface area (Å²) in [7, 11) is 1.32. The molecule has 0 unspecified atom stereocenters. The molecule has 0 radical (unpaired) electrons. The highest BCUT2D eigenvalue weighted by atomic mass is 16.6. The summed E-state index contributed by atoms with van der Waals surface area (Å²) in [6, 6.07) is 4.44. The van der Waals surface area contributed by atoms with E-state index in [1.54, 1.807) is 6.07 Å². The Balaban J connectivity index is 2.72. The van der Waals surface area contributed by atoms with Crippen LogP contribution < -0.4 is 4.74 Å². The third kappa shape index (κ3) is 2.41. The molecule has 0 bridgehead atoms. The van der Waals surface area contributed by atoms with E-state index in [-0.39, 0.29) is 11.4 Å². The van der Waals surface area contributed by atoms with Crippen molar-refractivity contribution in [2.75, 3.05) is 7.11 Å². The van der Waals surface area contributed by atoms with E-state index in [9.17, 15) is 14.9 Å². The van der Waals surface area contributed by atoms with Gasteiger partial charge in [-0.25, -0.2) is 4.79 Å². The smallest absolute Gasteiger partial charge is 0.328 e. The first kappa shape index (κ1) is 13.5. The van der Waals surface area contributed by atoms with Crippen LogP contribution in [0.5, 0.6) is 5.75 Å². The van der Waals surface area contributed by atoms with Gasteiger partial charge in [0.1, 0.15) is 5.52 Å². The van der Waals surface area contributed by atoms with Gasteiger partial charge in [0.25, 0.3) is 0 Å². The Kier molecular flexibility index (Phi) is 3.60. The van der Waals surface area contributed by atoms with Crippen molar-refractivity contribution >= 4 is 28.6 Å². The predicted octanol–water partition coefficient (Wildman–Crippen LogP) is 2.25. The van der Waals surface area contributed by atoms with E-state index >= 15 is 0 Å². The summed E-state index contributed by atoms with van der Waals surface area (Å²) in [5, 5.41) is 20.2. The largest absolute Gasteiger partial charge is 0.489 e. The van der Waals surface area contributed by atoms with Gasteiger partial charge in [-0.3, -0.25) is 15.1 Å². The Hall–Kier alpha value is -2.96. The molecule has 0 amide bonds. The normalized spacial score (nSPS) is 10.8. The molecule has 0 spiro atoms. The van der Waals surface area contributed by atoms with Gasteiger partial charge in [0.2, 0.25) is 5.75 Å². The summed E-state index contributed by atoms with van der Waals surface area (Å²) in [5.41, 5.74) is 0.715. The molecular formula is C13H10N2O5. The van der Waals surface area contributed by atoms with Crippen LogP contribution in [0.2, 0.25) is 0 Å². The number of rotatable bonds is 4. The lowest BCUT2D eigenvalue weighted by Crippen LogP contribution is -1.96. The molecule has 0 aliphatic carbocycles. The average molecular weight is 274 g/mol. The molecule has 2 rings (SSSR count). The van der Waals surface area contributed by atoms with Crippen LogP contribution in [0.3, 0.4) is 0 Å². The highest BCUT2D eigenvalue weighted by Gasteiger charge is 2.19. The van der Waals surface area contributed by atoms with E-state index in [1.165, 1.54) is 31.5 Å². The van der Waals surface area contributed by atoms with Gasteiger partial charge in [-0.1, -0.05) is 0 Å². The van der Waals surface area contributed by atoms with Crippen LogP contribution >= 0.6 is 0 Å². The van der Waals surface area contributed by atoms with Crippen molar-refractivity contribution in [3.05, 3.63) is 46.1 Å². The molecule has 102 valence electrons. The Labute approximate surface area is 113 Å². The Morgan fingerprint density at radius 3 is 2.80 bits per heavy atom. The van der Waals surface area contributed by atoms with Crippen LogP contribution in [0, 0.1) is 10.1 Å². The third-order valence-corrected chi connectivity index (χ3v) is 2.69. The number of pyridine rings is 1. The van der Waals surface area contributed by atoms with Crippen molar-refractivity contribution < 1.29 is 19.6 Å². The number of benzene rings is 1. The molecule has 1 aromatic carbocycles. The summed E-state index contributed by atoms with van der Waals surface area (Å²) in [4.78, 5) is 25.0. The van der Waals surface area contributed by atoms with Gasteiger partial charge in [-0.05, 0) is 23.8 Å². The summed E-state index contributed by atoms with van der Waals surface area (Å²) in [6.07, 6.45) is 3.83. The van der Waals surface area contributed by atoms with Gasteiger partial charge >= 0.3 is 11.7 Å². The van der Waals surface area contributed by atoms with Crippen molar-refractivity contribution in [3.63, 3.8) is 0 Å². The third-order valence-electron chi connectivity index (χ3n) is 2.69.